The molecule has 8 heteroatoms. The normalized spacial score (nSPS) is 25.5. The van der Waals surface area contributed by atoms with Crippen LogP contribution in [0.2, 0.25) is 0 Å². The second kappa shape index (κ2) is 9.16. The Morgan fingerprint density at radius 1 is 1.28 bits per heavy atom. The highest BCUT2D eigenvalue weighted by atomic mass is 16.6. The smallest absolute Gasteiger partial charge is 0.343 e. The highest BCUT2D eigenvalue weighted by Gasteiger charge is 2.53. The number of hydrogen-bond donors (Lipinski definition) is 1. The summed E-state index contributed by atoms with van der Waals surface area (Å²) < 4.78 is 22.0. The molecule has 0 fully saturated rings. The number of carbonyl (C=O) groups is 3. The standard InChI is InChI=1S/C24H28O8/c1-6-7-16-9-15-10-20(31-14(3)25)24(4,22(27)18(15)12-30-16)32-23(28)21-13(2)8-17(29-5)11-19(21)26/h6-8,11,16,20,26H,9-10,12H2,1-5H3. The molecule has 0 spiro atoms. The van der Waals surface area contributed by atoms with Gasteiger partial charge in [0.25, 0.3) is 0 Å². The number of carbonyl (C=O) groups excluding carboxylic acids is 3. The van der Waals surface area contributed by atoms with Crippen LogP contribution in [-0.4, -0.2) is 54.4 Å². The van der Waals surface area contributed by atoms with Crippen LogP contribution in [0, 0.1) is 6.92 Å². The summed E-state index contributed by atoms with van der Waals surface area (Å²) in [5, 5.41) is 10.3. The van der Waals surface area contributed by atoms with Gasteiger partial charge in [0.1, 0.15) is 17.1 Å². The minimum Gasteiger partial charge on any atom is -0.507 e. The molecule has 32 heavy (non-hydrogen) atoms. The number of phenolic OH excluding ortho intramolecular Hbond substituents is 1. The van der Waals surface area contributed by atoms with Crippen molar-refractivity contribution in [2.45, 2.75) is 58.3 Å². The average Bonchev–Trinajstić information content (AvgIpc) is 2.71. The van der Waals surface area contributed by atoms with Crippen LogP contribution >= 0.6 is 0 Å². The number of methoxy groups -OCH3 is 1. The van der Waals surface area contributed by atoms with Gasteiger partial charge in [-0.1, -0.05) is 17.7 Å². The maximum Gasteiger partial charge on any atom is 0.343 e. The molecule has 0 radical (unpaired) electrons. The number of aryl methyl sites for hydroxylation is 1. The van der Waals surface area contributed by atoms with E-state index in [-0.39, 0.29) is 30.4 Å². The molecule has 1 aliphatic heterocycles. The largest absolute Gasteiger partial charge is 0.507 e. The molecule has 3 unspecified atom stereocenters. The fraction of sp³-hybridized carbons (Fsp3) is 0.458. The molecular weight excluding hydrogens is 416 g/mol. The predicted octanol–water partition coefficient (Wildman–Crippen LogP) is 3.19. The molecule has 1 heterocycles. The van der Waals surface area contributed by atoms with E-state index >= 15 is 0 Å². The molecule has 0 aromatic heterocycles. The molecule has 0 amide bonds. The van der Waals surface area contributed by atoms with E-state index < -0.39 is 29.4 Å². The van der Waals surface area contributed by atoms with Crippen LogP contribution in [-0.2, 0) is 23.8 Å². The van der Waals surface area contributed by atoms with E-state index in [2.05, 4.69) is 0 Å². The van der Waals surface area contributed by atoms with Gasteiger partial charge in [-0.05, 0) is 38.8 Å². The van der Waals surface area contributed by atoms with Crippen LogP contribution in [0.3, 0.4) is 0 Å². The third-order valence-electron chi connectivity index (χ3n) is 5.84. The summed E-state index contributed by atoms with van der Waals surface area (Å²) in [6.45, 7) is 6.25. The molecule has 0 bridgehead atoms. The van der Waals surface area contributed by atoms with Crippen molar-refractivity contribution < 1.29 is 38.4 Å². The molecule has 0 saturated carbocycles. The molecule has 1 N–H and O–H groups in total. The first-order valence-corrected chi connectivity index (χ1v) is 10.4. The van der Waals surface area contributed by atoms with Crippen LogP contribution in [0.1, 0.15) is 49.5 Å². The number of phenols is 1. The summed E-state index contributed by atoms with van der Waals surface area (Å²) in [6.07, 6.45) is 3.34. The topological polar surface area (TPSA) is 108 Å². The molecule has 172 valence electrons. The summed E-state index contributed by atoms with van der Waals surface area (Å²) >= 11 is 0. The van der Waals surface area contributed by atoms with Gasteiger partial charge in [0.15, 0.2) is 6.10 Å². The van der Waals surface area contributed by atoms with Crippen LogP contribution < -0.4 is 4.74 Å². The average molecular weight is 444 g/mol. The Hall–Kier alpha value is -3.13. The number of hydrogen-bond acceptors (Lipinski definition) is 8. The lowest BCUT2D eigenvalue weighted by Gasteiger charge is -2.42. The molecular formula is C24H28O8. The Morgan fingerprint density at radius 3 is 2.59 bits per heavy atom. The maximum absolute atomic E-state index is 13.5. The zero-order valence-corrected chi connectivity index (χ0v) is 18.9. The van der Waals surface area contributed by atoms with Crippen LogP contribution in [0.15, 0.2) is 35.4 Å². The van der Waals surface area contributed by atoms with Gasteiger partial charge in [0, 0.05) is 25.0 Å². The summed E-state index contributed by atoms with van der Waals surface area (Å²) in [6, 6.07) is 2.86. The number of rotatable bonds is 5. The van der Waals surface area contributed by atoms with Crippen molar-refractivity contribution in [2.75, 3.05) is 13.7 Å². The van der Waals surface area contributed by atoms with Crippen LogP contribution in [0.25, 0.3) is 0 Å². The van der Waals surface area contributed by atoms with Gasteiger partial charge in [0.2, 0.25) is 11.4 Å². The van der Waals surface area contributed by atoms with E-state index in [4.69, 9.17) is 18.9 Å². The first-order chi connectivity index (χ1) is 15.1. The highest BCUT2D eigenvalue weighted by Crippen LogP contribution is 2.40. The third kappa shape index (κ3) is 4.41. The van der Waals surface area contributed by atoms with Crippen molar-refractivity contribution in [3.63, 3.8) is 0 Å². The number of allylic oxidation sites excluding steroid dienone is 1. The Labute approximate surface area is 186 Å². The molecule has 3 rings (SSSR count). The summed E-state index contributed by atoms with van der Waals surface area (Å²) in [7, 11) is 1.44. The lowest BCUT2D eigenvalue weighted by atomic mass is 9.75. The lowest BCUT2D eigenvalue weighted by Crippen LogP contribution is -2.56. The lowest BCUT2D eigenvalue weighted by molar-refractivity contribution is -0.169. The third-order valence-corrected chi connectivity index (χ3v) is 5.84. The van der Waals surface area contributed by atoms with Crippen LogP contribution in [0.4, 0.5) is 0 Å². The van der Waals surface area contributed by atoms with Crippen molar-refractivity contribution >= 4 is 17.7 Å². The molecule has 1 aliphatic carbocycles. The molecule has 3 atom stereocenters. The van der Waals surface area contributed by atoms with Gasteiger partial charge < -0.3 is 24.1 Å². The van der Waals surface area contributed by atoms with E-state index in [1.54, 1.807) is 13.0 Å². The first kappa shape index (κ1) is 23.5. The highest BCUT2D eigenvalue weighted by molar-refractivity contribution is 6.06. The summed E-state index contributed by atoms with van der Waals surface area (Å²) in [5.74, 6) is -1.92. The van der Waals surface area contributed by atoms with Gasteiger partial charge in [-0.15, -0.1) is 0 Å². The zero-order chi connectivity index (χ0) is 23.6. The fourth-order valence-corrected chi connectivity index (χ4v) is 4.18. The Kier molecular flexibility index (Phi) is 6.74. The van der Waals surface area contributed by atoms with Crippen molar-refractivity contribution in [3.05, 3.63) is 46.6 Å². The van der Waals surface area contributed by atoms with Crippen molar-refractivity contribution in [1.29, 1.82) is 0 Å². The van der Waals surface area contributed by atoms with Crippen molar-refractivity contribution in [2.24, 2.45) is 0 Å². The monoisotopic (exact) mass is 444 g/mol. The van der Waals surface area contributed by atoms with Crippen molar-refractivity contribution in [1.82, 2.24) is 0 Å². The second-order valence-corrected chi connectivity index (χ2v) is 8.13. The Balaban J connectivity index is 1.97. The minimum absolute atomic E-state index is 0.0793. The van der Waals surface area contributed by atoms with Gasteiger partial charge in [-0.2, -0.15) is 0 Å². The first-order valence-electron chi connectivity index (χ1n) is 10.4. The second-order valence-electron chi connectivity index (χ2n) is 8.13. The van der Waals surface area contributed by atoms with Crippen LogP contribution in [0.5, 0.6) is 11.5 Å². The number of benzene rings is 1. The van der Waals surface area contributed by atoms with E-state index in [9.17, 15) is 19.5 Å². The summed E-state index contributed by atoms with van der Waals surface area (Å²) in [4.78, 5) is 38.3. The Bertz CT molecular complexity index is 982. The number of Topliss-reactive ketones (excluding diaryl/α,β-unsaturated/α-hetero) is 1. The van der Waals surface area contributed by atoms with Gasteiger partial charge in [-0.3, -0.25) is 9.59 Å². The fourth-order valence-electron chi connectivity index (χ4n) is 4.18. The van der Waals surface area contributed by atoms with E-state index in [1.807, 2.05) is 19.1 Å². The number of esters is 2. The predicted molar refractivity (Wildman–Crippen MR) is 115 cm³/mol. The van der Waals surface area contributed by atoms with Gasteiger partial charge in [0.05, 0.1) is 19.8 Å². The van der Waals surface area contributed by atoms with E-state index in [0.29, 0.717) is 23.3 Å². The van der Waals surface area contributed by atoms with Gasteiger partial charge >= 0.3 is 11.9 Å². The summed E-state index contributed by atoms with van der Waals surface area (Å²) in [5.41, 5.74) is -0.184. The SMILES string of the molecule is CC=CC1CC2=C(CO1)C(=O)C(C)(OC(=O)c1c(C)cc(OC)cc1O)C(OC(C)=O)C2. The van der Waals surface area contributed by atoms with Gasteiger partial charge in [-0.25, -0.2) is 4.79 Å². The number of aromatic hydroxyl groups is 1. The molecule has 8 nitrogen and oxygen atoms in total. The van der Waals surface area contributed by atoms with Crippen molar-refractivity contribution in [3.8, 4) is 11.5 Å². The molecule has 1 aromatic rings. The number of ether oxygens (including phenoxy) is 4. The zero-order valence-electron chi connectivity index (χ0n) is 18.9. The molecule has 1 aromatic carbocycles. The Morgan fingerprint density at radius 2 is 2.00 bits per heavy atom. The quantitative estimate of drug-likeness (QED) is 0.545. The minimum atomic E-state index is -1.77. The van der Waals surface area contributed by atoms with E-state index in [1.165, 1.54) is 27.0 Å². The maximum atomic E-state index is 13.5. The van der Waals surface area contributed by atoms with E-state index in [0.717, 1.165) is 5.57 Å². The molecule has 0 saturated heterocycles. The molecule has 2 aliphatic rings. The number of ketones is 1.